The van der Waals surface area contributed by atoms with Gasteiger partial charge in [-0.25, -0.2) is 17.8 Å². The Balaban J connectivity index is 0.00000132. The van der Waals surface area contributed by atoms with Crippen molar-refractivity contribution in [2.24, 2.45) is 0 Å². The van der Waals surface area contributed by atoms with Crippen LogP contribution in [-0.4, -0.2) is 19.7 Å². The van der Waals surface area contributed by atoms with Gasteiger partial charge < -0.3 is 0 Å². The number of benzene rings is 3. The van der Waals surface area contributed by atoms with Crippen molar-refractivity contribution in [1.29, 1.82) is 0 Å². The SMILES string of the molecule is CC.Cc1ccccc1-c1nc(-c2ccc(F)cc2)c(-c2ccc(S(C)(=O)=O)cc2)s1. The molecule has 0 aliphatic rings. The van der Waals surface area contributed by atoms with E-state index in [1.54, 1.807) is 36.4 Å². The zero-order valence-electron chi connectivity index (χ0n) is 17.9. The molecule has 160 valence electrons. The van der Waals surface area contributed by atoms with Crippen molar-refractivity contribution >= 4 is 21.2 Å². The lowest BCUT2D eigenvalue weighted by Crippen LogP contribution is -1.96. The molecule has 0 atom stereocenters. The van der Waals surface area contributed by atoms with E-state index in [1.807, 2.05) is 45.0 Å². The first kappa shape index (κ1) is 22.8. The lowest BCUT2D eigenvalue weighted by molar-refractivity contribution is 0.602. The first-order valence-electron chi connectivity index (χ1n) is 9.96. The summed E-state index contributed by atoms with van der Waals surface area (Å²) in [4.78, 5) is 6.05. The predicted molar refractivity (Wildman–Crippen MR) is 128 cm³/mol. The maximum Gasteiger partial charge on any atom is 0.175 e. The number of thiazole rings is 1. The molecule has 0 amide bonds. The summed E-state index contributed by atoms with van der Waals surface area (Å²) < 4.78 is 37.0. The average Bonchev–Trinajstić information content (AvgIpc) is 3.21. The Morgan fingerprint density at radius 3 is 2.00 bits per heavy atom. The zero-order chi connectivity index (χ0) is 22.6. The smallest absolute Gasteiger partial charge is 0.175 e. The van der Waals surface area contributed by atoms with Crippen LogP contribution in [0.3, 0.4) is 0 Å². The molecule has 1 aromatic heterocycles. The summed E-state index contributed by atoms with van der Waals surface area (Å²) in [7, 11) is -3.27. The number of hydrogen-bond acceptors (Lipinski definition) is 4. The van der Waals surface area contributed by atoms with E-state index in [9.17, 15) is 12.8 Å². The third-order valence-corrected chi connectivity index (χ3v) is 6.93. The Bertz CT molecular complexity index is 1280. The van der Waals surface area contributed by atoms with Crippen molar-refractivity contribution < 1.29 is 12.8 Å². The number of aromatic nitrogens is 1. The van der Waals surface area contributed by atoms with Gasteiger partial charge in [0.1, 0.15) is 10.8 Å². The van der Waals surface area contributed by atoms with Gasteiger partial charge in [-0.3, -0.25) is 0 Å². The maximum absolute atomic E-state index is 13.4. The summed E-state index contributed by atoms with van der Waals surface area (Å²) in [5, 5.41) is 0.865. The lowest BCUT2D eigenvalue weighted by Gasteiger charge is -2.04. The van der Waals surface area contributed by atoms with Crippen molar-refractivity contribution in [3.05, 3.63) is 84.2 Å². The average molecular weight is 454 g/mol. The number of halogens is 1. The molecule has 31 heavy (non-hydrogen) atoms. The van der Waals surface area contributed by atoms with Crippen LogP contribution in [0.15, 0.2) is 77.7 Å². The molecule has 0 aliphatic carbocycles. The first-order valence-corrected chi connectivity index (χ1v) is 12.7. The molecule has 4 rings (SSSR count). The first-order chi connectivity index (χ1) is 14.8. The molecule has 0 saturated carbocycles. The van der Waals surface area contributed by atoms with Crippen LogP contribution in [0.2, 0.25) is 0 Å². The van der Waals surface area contributed by atoms with E-state index in [-0.39, 0.29) is 10.7 Å². The van der Waals surface area contributed by atoms with Crippen LogP contribution < -0.4 is 0 Å². The molecule has 0 radical (unpaired) electrons. The van der Waals surface area contributed by atoms with Gasteiger partial charge in [-0.15, -0.1) is 11.3 Å². The van der Waals surface area contributed by atoms with E-state index < -0.39 is 9.84 Å². The molecular weight excluding hydrogens is 429 g/mol. The van der Waals surface area contributed by atoms with Gasteiger partial charge in [0.15, 0.2) is 9.84 Å². The van der Waals surface area contributed by atoms with Gasteiger partial charge in [-0.2, -0.15) is 0 Å². The summed E-state index contributed by atoms with van der Waals surface area (Å²) in [6, 6.07) is 21.1. The van der Waals surface area contributed by atoms with Crippen molar-refractivity contribution in [2.45, 2.75) is 25.7 Å². The highest BCUT2D eigenvalue weighted by molar-refractivity contribution is 7.90. The van der Waals surface area contributed by atoms with E-state index in [0.29, 0.717) is 0 Å². The van der Waals surface area contributed by atoms with Crippen LogP contribution in [0.1, 0.15) is 19.4 Å². The Labute approximate surface area is 187 Å². The van der Waals surface area contributed by atoms with Gasteiger partial charge in [-0.1, -0.05) is 50.2 Å². The highest BCUT2D eigenvalue weighted by Crippen LogP contribution is 2.41. The fourth-order valence-corrected chi connectivity index (χ4v) is 4.91. The Kier molecular flexibility index (Phi) is 7.03. The second kappa shape index (κ2) is 9.54. The number of sulfone groups is 1. The minimum Gasteiger partial charge on any atom is -0.235 e. The lowest BCUT2D eigenvalue weighted by atomic mass is 10.1. The summed E-state index contributed by atoms with van der Waals surface area (Å²) in [6.07, 6.45) is 1.19. The molecule has 6 heteroatoms. The van der Waals surface area contributed by atoms with E-state index in [1.165, 1.54) is 29.7 Å². The number of hydrogen-bond donors (Lipinski definition) is 0. The van der Waals surface area contributed by atoms with Gasteiger partial charge in [0.05, 0.1) is 15.5 Å². The van der Waals surface area contributed by atoms with Crippen molar-refractivity contribution in [2.75, 3.05) is 6.26 Å². The Morgan fingerprint density at radius 2 is 1.42 bits per heavy atom. The fraction of sp³-hybridized carbons (Fsp3) is 0.160. The van der Waals surface area contributed by atoms with E-state index in [0.717, 1.165) is 37.8 Å². The van der Waals surface area contributed by atoms with Crippen molar-refractivity contribution in [1.82, 2.24) is 4.98 Å². The second-order valence-electron chi connectivity index (χ2n) is 6.82. The molecule has 0 saturated heterocycles. The number of rotatable bonds is 4. The summed E-state index contributed by atoms with van der Waals surface area (Å²) >= 11 is 1.54. The largest absolute Gasteiger partial charge is 0.235 e. The topological polar surface area (TPSA) is 47.0 Å². The third kappa shape index (κ3) is 5.09. The van der Waals surface area contributed by atoms with Crippen LogP contribution in [0.25, 0.3) is 32.3 Å². The predicted octanol–water partition coefficient (Wildman–Crippen LogP) is 7.02. The van der Waals surface area contributed by atoms with Crippen molar-refractivity contribution in [3.63, 3.8) is 0 Å². The van der Waals surface area contributed by atoms with E-state index >= 15 is 0 Å². The summed E-state index contributed by atoms with van der Waals surface area (Å²) in [6.45, 7) is 6.04. The Morgan fingerprint density at radius 1 is 0.839 bits per heavy atom. The molecule has 3 aromatic carbocycles. The van der Waals surface area contributed by atoms with Gasteiger partial charge in [0.2, 0.25) is 0 Å². The number of nitrogens with zero attached hydrogens (tertiary/aromatic N) is 1. The number of aryl methyl sites for hydroxylation is 1. The molecule has 0 N–H and O–H groups in total. The van der Waals surface area contributed by atoms with Crippen LogP contribution in [-0.2, 0) is 9.84 Å². The molecule has 3 nitrogen and oxygen atoms in total. The minimum atomic E-state index is -3.27. The van der Waals surface area contributed by atoms with E-state index in [2.05, 4.69) is 0 Å². The highest BCUT2D eigenvalue weighted by Gasteiger charge is 2.18. The van der Waals surface area contributed by atoms with Crippen molar-refractivity contribution in [3.8, 4) is 32.3 Å². The molecule has 0 aliphatic heterocycles. The monoisotopic (exact) mass is 453 g/mol. The second-order valence-corrected chi connectivity index (χ2v) is 9.83. The zero-order valence-corrected chi connectivity index (χ0v) is 19.5. The molecule has 0 fully saturated rings. The van der Waals surface area contributed by atoms with Crippen LogP contribution in [0.4, 0.5) is 4.39 Å². The quantitative estimate of drug-likeness (QED) is 0.333. The fourth-order valence-electron chi connectivity index (χ4n) is 3.10. The van der Waals surface area contributed by atoms with Crippen LogP contribution >= 0.6 is 11.3 Å². The molecular formula is C25H24FNO2S2. The van der Waals surface area contributed by atoms with Crippen LogP contribution in [0.5, 0.6) is 0 Å². The molecule has 0 bridgehead atoms. The van der Waals surface area contributed by atoms with Gasteiger partial charge >= 0.3 is 0 Å². The molecule has 1 heterocycles. The standard InChI is InChI=1S/C23H18FNO2S2.C2H6/c1-15-5-3-4-6-20(15)23-25-21(16-7-11-18(24)12-8-16)22(28-23)17-9-13-19(14-10-17)29(2,26)27;1-2/h3-14H,1-2H3;1-2H3. The van der Waals surface area contributed by atoms with E-state index in [4.69, 9.17) is 4.98 Å². The molecule has 0 unspecified atom stereocenters. The maximum atomic E-state index is 13.4. The molecule has 4 aromatic rings. The summed E-state index contributed by atoms with van der Waals surface area (Å²) in [5.74, 6) is -0.304. The highest BCUT2D eigenvalue weighted by atomic mass is 32.2. The minimum absolute atomic E-state index is 0.272. The third-order valence-electron chi connectivity index (χ3n) is 4.66. The normalized spacial score (nSPS) is 11.0. The molecule has 0 spiro atoms. The van der Waals surface area contributed by atoms with Gasteiger partial charge in [0.25, 0.3) is 0 Å². The van der Waals surface area contributed by atoms with Gasteiger partial charge in [0, 0.05) is 17.4 Å². The Hall–Kier alpha value is -2.83. The van der Waals surface area contributed by atoms with Crippen LogP contribution in [0, 0.1) is 12.7 Å². The summed E-state index contributed by atoms with van der Waals surface area (Å²) in [5.41, 5.74) is 4.59. The van der Waals surface area contributed by atoms with Gasteiger partial charge in [-0.05, 0) is 54.4 Å².